The maximum absolute atomic E-state index is 5.60. The van der Waals surface area contributed by atoms with E-state index in [-0.39, 0.29) is 0 Å². The predicted molar refractivity (Wildman–Crippen MR) is 77.1 cm³/mol. The molecule has 2 rings (SSSR count). The summed E-state index contributed by atoms with van der Waals surface area (Å²) in [5, 5.41) is 12.7. The second-order valence-corrected chi connectivity index (χ2v) is 5.39. The van der Waals surface area contributed by atoms with Gasteiger partial charge in [-0.15, -0.1) is 16.8 Å². The highest BCUT2D eigenvalue weighted by molar-refractivity contribution is 9.10. The van der Waals surface area contributed by atoms with Crippen molar-refractivity contribution >= 4 is 32.4 Å². The van der Waals surface area contributed by atoms with Crippen LogP contribution in [0.5, 0.6) is 5.75 Å². The summed E-state index contributed by atoms with van der Waals surface area (Å²) < 4.78 is 6.63. The zero-order chi connectivity index (χ0) is 12.8. The molecule has 0 saturated heterocycles. The summed E-state index contributed by atoms with van der Waals surface area (Å²) in [6.45, 7) is 4.74. The standard InChI is InChI=1S/C12H12BrN3OS/c1-2-7-14-12-16-15-11(18-12)8-17-10-5-3-9(13)4-6-10/h2-6H,1,7-8H2,(H,14,16). The molecule has 4 nitrogen and oxygen atoms in total. The van der Waals surface area contributed by atoms with Gasteiger partial charge in [0.25, 0.3) is 0 Å². The first kappa shape index (κ1) is 13.0. The molecule has 0 unspecified atom stereocenters. The van der Waals surface area contributed by atoms with Gasteiger partial charge in [0, 0.05) is 11.0 Å². The maximum Gasteiger partial charge on any atom is 0.206 e. The van der Waals surface area contributed by atoms with Gasteiger partial charge in [0.1, 0.15) is 12.4 Å². The van der Waals surface area contributed by atoms with Gasteiger partial charge >= 0.3 is 0 Å². The predicted octanol–water partition coefficient (Wildman–Crippen LogP) is 3.48. The average molecular weight is 326 g/mol. The minimum Gasteiger partial charge on any atom is -0.486 e. The zero-order valence-electron chi connectivity index (χ0n) is 9.60. The Hall–Kier alpha value is -1.40. The molecule has 0 spiro atoms. The van der Waals surface area contributed by atoms with Crippen LogP contribution in [0.2, 0.25) is 0 Å². The number of ether oxygens (including phenoxy) is 1. The minimum absolute atomic E-state index is 0.426. The van der Waals surface area contributed by atoms with Crippen molar-refractivity contribution in [1.82, 2.24) is 10.2 Å². The summed E-state index contributed by atoms with van der Waals surface area (Å²) in [5.41, 5.74) is 0. The molecular formula is C12H12BrN3OS. The molecule has 0 fully saturated rings. The summed E-state index contributed by atoms with van der Waals surface area (Å²) in [7, 11) is 0. The Morgan fingerprint density at radius 1 is 1.33 bits per heavy atom. The van der Waals surface area contributed by atoms with Gasteiger partial charge in [-0.25, -0.2) is 0 Å². The van der Waals surface area contributed by atoms with Crippen LogP contribution in [0.1, 0.15) is 5.01 Å². The smallest absolute Gasteiger partial charge is 0.206 e. The van der Waals surface area contributed by atoms with E-state index in [4.69, 9.17) is 4.74 Å². The van der Waals surface area contributed by atoms with E-state index in [2.05, 4.69) is 38.0 Å². The highest BCUT2D eigenvalue weighted by Gasteiger charge is 2.04. The third-order valence-electron chi connectivity index (χ3n) is 2.04. The molecular weight excluding hydrogens is 314 g/mol. The van der Waals surface area contributed by atoms with Gasteiger partial charge in [0.15, 0.2) is 5.01 Å². The van der Waals surface area contributed by atoms with E-state index in [0.717, 1.165) is 20.4 Å². The van der Waals surface area contributed by atoms with Gasteiger partial charge in [-0.3, -0.25) is 0 Å². The first-order chi connectivity index (χ1) is 8.78. The number of nitrogens with one attached hydrogen (secondary N) is 1. The van der Waals surface area contributed by atoms with Crippen LogP contribution in [0, 0.1) is 0 Å². The first-order valence-electron chi connectivity index (χ1n) is 5.33. The second-order valence-electron chi connectivity index (χ2n) is 3.41. The summed E-state index contributed by atoms with van der Waals surface area (Å²) in [5.74, 6) is 0.814. The highest BCUT2D eigenvalue weighted by Crippen LogP contribution is 2.19. The van der Waals surface area contributed by atoms with Crippen LogP contribution in [-0.4, -0.2) is 16.7 Å². The summed E-state index contributed by atoms with van der Waals surface area (Å²) >= 11 is 4.86. The van der Waals surface area contributed by atoms with Crippen molar-refractivity contribution in [2.45, 2.75) is 6.61 Å². The lowest BCUT2D eigenvalue weighted by atomic mass is 10.3. The number of benzene rings is 1. The fourth-order valence-corrected chi connectivity index (χ4v) is 2.14. The van der Waals surface area contributed by atoms with Crippen molar-refractivity contribution in [2.75, 3.05) is 11.9 Å². The summed E-state index contributed by atoms with van der Waals surface area (Å²) in [6, 6.07) is 7.68. The molecule has 0 aliphatic carbocycles. The first-order valence-corrected chi connectivity index (χ1v) is 6.94. The molecule has 18 heavy (non-hydrogen) atoms. The molecule has 1 aromatic carbocycles. The van der Waals surface area contributed by atoms with Crippen LogP contribution in [-0.2, 0) is 6.61 Å². The van der Waals surface area contributed by atoms with E-state index in [9.17, 15) is 0 Å². The number of rotatable bonds is 6. The molecule has 0 radical (unpaired) electrons. The van der Waals surface area contributed by atoms with Crippen LogP contribution < -0.4 is 10.1 Å². The van der Waals surface area contributed by atoms with E-state index >= 15 is 0 Å². The lowest BCUT2D eigenvalue weighted by Gasteiger charge is -2.02. The molecule has 0 saturated carbocycles. The Morgan fingerprint density at radius 2 is 2.11 bits per heavy atom. The van der Waals surface area contributed by atoms with Crippen molar-refractivity contribution in [3.63, 3.8) is 0 Å². The van der Waals surface area contributed by atoms with Crippen molar-refractivity contribution in [3.05, 3.63) is 46.4 Å². The Morgan fingerprint density at radius 3 is 2.83 bits per heavy atom. The fraction of sp³-hybridized carbons (Fsp3) is 0.167. The maximum atomic E-state index is 5.60. The topological polar surface area (TPSA) is 47.0 Å². The van der Waals surface area contributed by atoms with Gasteiger partial charge in [-0.05, 0) is 24.3 Å². The van der Waals surface area contributed by atoms with Gasteiger partial charge in [0.2, 0.25) is 5.13 Å². The Balaban J connectivity index is 1.87. The van der Waals surface area contributed by atoms with Crippen molar-refractivity contribution in [2.24, 2.45) is 0 Å². The number of anilines is 1. The normalized spacial score (nSPS) is 10.1. The third kappa shape index (κ3) is 3.82. The van der Waals surface area contributed by atoms with E-state index < -0.39 is 0 Å². The van der Waals surface area contributed by atoms with E-state index in [1.807, 2.05) is 24.3 Å². The monoisotopic (exact) mass is 325 g/mol. The van der Waals surface area contributed by atoms with E-state index in [1.165, 1.54) is 11.3 Å². The third-order valence-corrected chi connectivity index (χ3v) is 3.42. The number of hydrogen-bond acceptors (Lipinski definition) is 5. The largest absolute Gasteiger partial charge is 0.486 e. The minimum atomic E-state index is 0.426. The Kier molecular flexibility index (Phi) is 4.72. The summed E-state index contributed by atoms with van der Waals surface area (Å²) in [4.78, 5) is 0. The Labute approximate surface area is 118 Å². The van der Waals surface area contributed by atoms with Crippen LogP contribution >= 0.6 is 27.3 Å². The molecule has 94 valence electrons. The molecule has 0 amide bonds. The molecule has 0 atom stereocenters. The van der Waals surface area contributed by atoms with Crippen molar-refractivity contribution in [1.29, 1.82) is 0 Å². The van der Waals surface area contributed by atoms with Crippen molar-refractivity contribution < 1.29 is 4.74 Å². The number of aromatic nitrogens is 2. The lowest BCUT2D eigenvalue weighted by Crippen LogP contribution is -1.96. The van der Waals surface area contributed by atoms with Gasteiger partial charge in [-0.2, -0.15) is 0 Å². The number of nitrogens with zero attached hydrogens (tertiary/aromatic N) is 2. The zero-order valence-corrected chi connectivity index (χ0v) is 12.0. The van der Waals surface area contributed by atoms with Gasteiger partial charge in [0.05, 0.1) is 0 Å². The highest BCUT2D eigenvalue weighted by atomic mass is 79.9. The quantitative estimate of drug-likeness (QED) is 0.826. The van der Waals surface area contributed by atoms with Crippen LogP contribution in [0.25, 0.3) is 0 Å². The van der Waals surface area contributed by atoms with Gasteiger partial charge < -0.3 is 10.1 Å². The molecule has 1 aromatic heterocycles. The fourth-order valence-electron chi connectivity index (χ4n) is 1.22. The molecule has 0 bridgehead atoms. The van der Waals surface area contributed by atoms with E-state index in [0.29, 0.717) is 13.2 Å². The SMILES string of the molecule is C=CCNc1nnc(COc2ccc(Br)cc2)s1. The van der Waals surface area contributed by atoms with Gasteiger partial charge in [-0.1, -0.05) is 33.3 Å². The summed E-state index contributed by atoms with van der Waals surface area (Å²) in [6.07, 6.45) is 1.78. The average Bonchev–Trinajstić information content (AvgIpc) is 2.84. The molecule has 1 heterocycles. The van der Waals surface area contributed by atoms with E-state index in [1.54, 1.807) is 6.08 Å². The molecule has 0 aliphatic heterocycles. The Bertz CT molecular complexity index is 512. The molecule has 0 aliphatic rings. The second kappa shape index (κ2) is 6.51. The molecule has 2 aromatic rings. The van der Waals surface area contributed by atoms with Crippen LogP contribution in [0.4, 0.5) is 5.13 Å². The van der Waals surface area contributed by atoms with Crippen LogP contribution in [0.3, 0.4) is 0 Å². The number of hydrogen-bond donors (Lipinski definition) is 1. The van der Waals surface area contributed by atoms with Crippen LogP contribution in [0.15, 0.2) is 41.4 Å². The molecule has 6 heteroatoms. The molecule has 1 N–H and O–H groups in total. The van der Waals surface area contributed by atoms with Crippen molar-refractivity contribution in [3.8, 4) is 5.75 Å². The lowest BCUT2D eigenvalue weighted by molar-refractivity contribution is 0.304. The number of halogens is 1.